The molecule has 6 nitrogen and oxygen atoms in total. The van der Waals surface area contributed by atoms with Crippen molar-refractivity contribution in [1.29, 1.82) is 0 Å². The van der Waals surface area contributed by atoms with E-state index >= 15 is 0 Å². The molecule has 1 aliphatic rings. The lowest BCUT2D eigenvalue weighted by Crippen LogP contribution is -2.13. The van der Waals surface area contributed by atoms with Crippen molar-refractivity contribution in [3.05, 3.63) is 63.5 Å². The quantitative estimate of drug-likeness (QED) is 0.439. The Bertz CT molecular complexity index is 1260. The van der Waals surface area contributed by atoms with E-state index in [2.05, 4.69) is 22.1 Å². The number of rotatable bonds is 6. The van der Waals surface area contributed by atoms with Gasteiger partial charge in [-0.25, -0.2) is 9.97 Å². The summed E-state index contributed by atoms with van der Waals surface area (Å²) in [4.78, 5) is 24.7. The normalized spacial score (nSPS) is 14.9. The molecule has 0 spiro atoms. The number of Topliss-reactive ketones (excluding diaryl/α,β-unsaturated/α-hetero) is 1. The zero-order chi connectivity index (χ0) is 20.9. The SMILES string of the molecule is Cc1nc2c(C3(C)CC3)c(CC(=O)Cc3ccc(-n4nccn4)c(Cl)c3)cnc2s1. The first-order valence-corrected chi connectivity index (χ1v) is 11.0. The fraction of sp³-hybridized carbons (Fsp3) is 0.318. The number of nitrogens with zero attached hydrogens (tertiary/aromatic N) is 5. The van der Waals surface area contributed by atoms with Crippen LogP contribution < -0.4 is 0 Å². The molecule has 0 N–H and O–H groups in total. The maximum Gasteiger partial charge on any atom is 0.143 e. The first-order chi connectivity index (χ1) is 14.4. The molecule has 0 bridgehead atoms. The second kappa shape index (κ2) is 7.25. The van der Waals surface area contributed by atoms with Crippen molar-refractivity contribution in [3.8, 4) is 5.69 Å². The van der Waals surface area contributed by atoms with Crippen LogP contribution in [0.4, 0.5) is 0 Å². The maximum atomic E-state index is 12.9. The summed E-state index contributed by atoms with van der Waals surface area (Å²) in [6.45, 7) is 4.26. The highest BCUT2D eigenvalue weighted by molar-refractivity contribution is 7.18. The molecule has 0 saturated heterocycles. The van der Waals surface area contributed by atoms with Crippen molar-refractivity contribution >= 4 is 39.1 Å². The van der Waals surface area contributed by atoms with Gasteiger partial charge >= 0.3 is 0 Å². The molecule has 1 aliphatic carbocycles. The minimum absolute atomic E-state index is 0.110. The summed E-state index contributed by atoms with van der Waals surface area (Å²) < 4.78 is 0. The Kier molecular flexibility index (Phi) is 4.67. The van der Waals surface area contributed by atoms with Gasteiger partial charge in [-0.05, 0) is 54.0 Å². The predicted octanol–water partition coefficient (Wildman–Crippen LogP) is 4.64. The van der Waals surface area contributed by atoms with Crippen molar-refractivity contribution < 1.29 is 4.79 Å². The van der Waals surface area contributed by atoms with Gasteiger partial charge in [0.1, 0.15) is 21.8 Å². The summed E-state index contributed by atoms with van der Waals surface area (Å²) in [6, 6.07) is 5.55. The van der Waals surface area contributed by atoms with Gasteiger partial charge in [0, 0.05) is 19.0 Å². The molecule has 8 heteroatoms. The maximum absolute atomic E-state index is 12.9. The number of halogens is 1. The lowest BCUT2D eigenvalue weighted by molar-refractivity contribution is -0.117. The molecule has 3 heterocycles. The second-order valence-corrected chi connectivity index (χ2v) is 9.69. The van der Waals surface area contributed by atoms with Gasteiger partial charge in [0.15, 0.2) is 0 Å². The topological polar surface area (TPSA) is 73.6 Å². The van der Waals surface area contributed by atoms with Crippen molar-refractivity contribution in [2.45, 2.75) is 44.9 Å². The minimum atomic E-state index is 0.110. The van der Waals surface area contributed by atoms with E-state index < -0.39 is 0 Å². The van der Waals surface area contributed by atoms with Gasteiger partial charge in [0.25, 0.3) is 0 Å². The minimum Gasteiger partial charge on any atom is -0.299 e. The fourth-order valence-corrected chi connectivity index (χ4v) is 4.98. The predicted molar refractivity (Wildman–Crippen MR) is 118 cm³/mol. The average Bonchev–Trinajstić information content (AvgIpc) is 3.08. The van der Waals surface area contributed by atoms with Gasteiger partial charge < -0.3 is 0 Å². The van der Waals surface area contributed by atoms with Crippen LogP contribution in [0.25, 0.3) is 16.0 Å². The van der Waals surface area contributed by atoms with Crippen LogP contribution >= 0.6 is 22.9 Å². The molecular formula is C22H20ClN5OS. The number of aromatic nitrogens is 5. The number of hydrogen-bond acceptors (Lipinski definition) is 6. The number of ketones is 1. The van der Waals surface area contributed by atoms with Crippen LogP contribution in [0.3, 0.4) is 0 Å². The molecule has 0 unspecified atom stereocenters. The van der Waals surface area contributed by atoms with E-state index in [0.717, 1.165) is 39.3 Å². The van der Waals surface area contributed by atoms with E-state index in [4.69, 9.17) is 16.6 Å². The zero-order valence-electron chi connectivity index (χ0n) is 16.7. The summed E-state index contributed by atoms with van der Waals surface area (Å²) in [5, 5.41) is 9.73. The third kappa shape index (κ3) is 3.52. The zero-order valence-corrected chi connectivity index (χ0v) is 18.3. The third-order valence-corrected chi connectivity index (χ3v) is 6.83. The van der Waals surface area contributed by atoms with Crippen molar-refractivity contribution in [3.63, 3.8) is 0 Å². The van der Waals surface area contributed by atoms with E-state index in [1.54, 1.807) is 23.7 Å². The molecule has 0 amide bonds. The average molecular weight is 438 g/mol. The van der Waals surface area contributed by atoms with Crippen LogP contribution in [0, 0.1) is 6.92 Å². The van der Waals surface area contributed by atoms with E-state index in [0.29, 0.717) is 23.6 Å². The Labute approximate surface area is 182 Å². The van der Waals surface area contributed by atoms with Crippen molar-refractivity contribution in [2.75, 3.05) is 0 Å². The molecule has 3 aromatic heterocycles. The summed E-state index contributed by atoms with van der Waals surface area (Å²) in [6.07, 6.45) is 7.99. The monoisotopic (exact) mass is 437 g/mol. The summed E-state index contributed by atoms with van der Waals surface area (Å²) in [5.74, 6) is 0.134. The second-order valence-electron chi connectivity index (χ2n) is 8.10. The highest BCUT2D eigenvalue weighted by Crippen LogP contribution is 2.51. The van der Waals surface area contributed by atoms with Gasteiger partial charge in [-0.1, -0.05) is 35.9 Å². The summed E-state index contributed by atoms with van der Waals surface area (Å²) in [5.41, 5.74) is 4.86. The smallest absolute Gasteiger partial charge is 0.143 e. The third-order valence-electron chi connectivity index (χ3n) is 5.65. The van der Waals surface area contributed by atoms with Crippen LogP contribution in [0.2, 0.25) is 5.02 Å². The lowest BCUT2D eigenvalue weighted by atomic mass is 9.90. The Morgan fingerprint density at radius 2 is 2.00 bits per heavy atom. The van der Waals surface area contributed by atoms with E-state index in [-0.39, 0.29) is 11.2 Å². The number of carbonyl (C=O) groups is 1. The molecular weight excluding hydrogens is 418 g/mol. The number of fused-ring (bicyclic) bond motifs is 1. The number of carbonyl (C=O) groups excluding carboxylic acids is 1. The molecule has 0 atom stereocenters. The Morgan fingerprint density at radius 1 is 1.23 bits per heavy atom. The number of benzene rings is 1. The summed E-state index contributed by atoms with van der Waals surface area (Å²) >= 11 is 8.00. The number of thiazole rings is 1. The van der Waals surface area contributed by atoms with Crippen LogP contribution in [0.5, 0.6) is 0 Å². The fourth-order valence-electron chi connectivity index (χ4n) is 3.93. The van der Waals surface area contributed by atoms with Crippen LogP contribution in [0.15, 0.2) is 36.8 Å². The lowest BCUT2D eigenvalue weighted by Gasteiger charge is -2.15. The number of hydrogen-bond donors (Lipinski definition) is 0. The largest absolute Gasteiger partial charge is 0.299 e. The van der Waals surface area contributed by atoms with Crippen molar-refractivity contribution in [2.24, 2.45) is 0 Å². The van der Waals surface area contributed by atoms with E-state index in [1.807, 2.05) is 31.3 Å². The van der Waals surface area contributed by atoms with E-state index in [9.17, 15) is 4.79 Å². The van der Waals surface area contributed by atoms with E-state index in [1.165, 1.54) is 10.4 Å². The first kappa shape index (κ1) is 19.3. The van der Waals surface area contributed by atoms with Crippen molar-refractivity contribution in [1.82, 2.24) is 25.0 Å². The van der Waals surface area contributed by atoms with Crippen LogP contribution in [0.1, 0.15) is 41.5 Å². The molecule has 152 valence electrons. The highest BCUT2D eigenvalue weighted by atomic mass is 35.5. The molecule has 5 rings (SSSR count). The number of aryl methyl sites for hydroxylation is 1. The molecule has 1 aromatic carbocycles. The van der Waals surface area contributed by atoms with Gasteiger partial charge in [0.05, 0.1) is 22.4 Å². The highest BCUT2D eigenvalue weighted by Gasteiger charge is 2.42. The van der Waals surface area contributed by atoms with Gasteiger partial charge in [-0.3, -0.25) is 4.79 Å². The van der Waals surface area contributed by atoms with Crippen LogP contribution in [-0.2, 0) is 23.1 Å². The Morgan fingerprint density at radius 3 is 2.70 bits per heavy atom. The van der Waals surface area contributed by atoms with Gasteiger partial charge in [0.2, 0.25) is 0 Å². The molecule has 1 saturated carbocycles. The molecule has 1 fully saturated rings. The first-order valence-electron chi connectivity index (χ1n) is 9.85. The van der Waals surface area contributed by atoms with Gasteiger partial charge in [-0.2, -0.15) is 15.0 Å². The number of pyridine rings is 1. The Hall–Kier alpha value is -2.64. The van der Waals surface area contributed by atoms with Crippen LogP contribution in [-0.4, -0.2) is 30.7 Å². The standard InChI is InChI=1S/C22H20ClN5OS/c1-13-27-20-19(22(2)5-6-22)15(12-24-21(20)30-13)11-16(29)9-14-3-4-18(17(23)10-14)28-25-7-8-26-28/h3-4,7-8,10,12H,5-6,9,11H2,1-2H3. The summed E-state index contributed by atoms with van der Waals surface area (Å²) in [7, 11) is 0. The molecule has 0 aliphatic heterocycles. The molecule has 4 aromatic rings. The molecule has 0 radical (unpaired) electrons. The molecule has 30 heavy (non-hydrogen) atoms. The Balaban J connectivity index is 1.40. The van der Waals surface area contributed by atoms with Gasteiger partial charge in [-0.15, -0.1) is 0 Å².